The van der Waals surface area contributed by atoms with Crippen molar-refractivity contribution in [3.05, 3.63) is 69.9 Å². The first kappa shape index (κ1) is 18.7. The normalized spacial score (nSPS) is 20.4. The maximum atomic E-state index is 14.3. The van der Waals surface area contributed by atoms with Gasteiger partial charge in [-0.25, -0.2) is 14.5 Å². The highest BCUT2D eigenvalue weighted by Crippen LogP contribution is 2.48. The zero-order chi connectivity index (χ0) is 22.2. The van der Waals surface area contributed by atoms with Gasteiger partial charge in [-0.1, -0.05) is 6.07 Å². The van der Waals surface area contributed by atoms with Crippen molar-refractivity contribution in [2.24, 2.45) is 7.05 Å². The molecule has 32 heavy (non-hydrogen) atoms. The smallest absolute Gasteiger partial charge is 0.395 e. The second-order valence-electron chi connectivity index (χ2n) is 7.53. The van der Waals surface area contributed by atoms with E-state index < -0.39 is 29.6 Å². The molecule has 2 aliphatic heterocycles. The molecular formula is C20H13F3N6O3. The number of rotatable bonds is 2. The number of aromatic nitrogens is 5. The number of nitrogens with one attached hydrogen (secondary N) is 2. The number of nitrogens with zero attached hydrogens (tertiary/aromatic N) is 4. The fourth-order valence-electron chi connectivity index (χ4n) is 4.33. The van der Waals surface area contributed by atoms with E-state index in [0.29, 0.717) is 28.2 Å². The number of aryl methyl sites for hydroxylation is 1. The molecule has 4 aromatic rings. The highest BCUT2D eigenvalue weighted by molar-refractivity contribution is 5.97. The Kier molecular flexibility index (Phi) is 3.62. The van der Waals surface area contributed by atoms with Crippen LogP contribution in [0.4, 0.5) is 18.9 Å². The molecule has 2 aliphatic rings. The van der Waals surface area contributed by atoms with Crippen LogP contribution in [0.5, 0.6) is 11.5 Å². The number of aromatic amines is 1. The van der Waals surface area contributed by atoms with Crippen molar-refractivity contribution >= 4 is 16.5 Å². The molecule has 0 saturated heterocycles. The van der Waals surface area contributed by atoms with Crippen molar-refractivity contribution in [3.63, 3.8) is 0 Å². The zero-order valence-corrected chi connectivity index (χ0v) is 16.3. The Labute approximate surface area is 176 Å². The summed E-state index contributed by atoms with van der Waals surface area (Å²) in [4.78, 5) is 16.7. The maximum Gasteiger partial charge on any atom is 0.586 e. The van der Waals surface area contributed by atoms with Gasteiger partial charge in [0, 0.05) is 18.1 Å². The molecule has 0 saturated carbocycles. The van der Waals surface area contributed by atoms with Gasteiger partial charge in [0.05, 0.1) is 23.0 Å². The molecule has 0 spiro atoms. The molecule has 0 radical (unpaired) electrons. The second kappa shape index (κ2) is 6.22. The number of halogens is 3. The van der Waals surface area contributed by atoms with Crippen molar-refractivity contribution in [3.8, 4) is 11.5 Å². The molecule has 162 valence electrons. The quantitative estimate of drug-likeness (QED) is 0.492. The largest absolute Gasteiger partial charge is 0.586 e. The van der Waals surface area contributed by atoms with E-state index in [9.17, 15) is 18.0 Å². The lowest BCUT2D eigenvalue weighted by molar-refractivity contribution is -0.286. The van der Waals surface area contributed by atoms with Gasteiger partial charge in [0.15, 0.2) is 11.5 Å². The van der Waals surface area contributed by atoms with Crippen LogP contribution in [0.15, 0.2) is 41.5 Å². The lowest BCUT2D eigenvalue weighted by Crippen LogP contribution is -2.30. The topological polar surface area (TPSA) is 107 Å². The van der Waals surface area contributed by atoms with Crippen molar-refractivity contribution in [1.29, 1.82) is 0 Å². The first-order valence-electron chi connectivity index (χ1n) is 9.53. The highest BCUT2D eigenvalue weighted by atomic mass is 19.3. The van der Waals surface area contributed by atoms with Gasteiger partial charge in [0.25, 0.3) is 5.56 Å². The van der Waals surface area contributed by atoms with Crippen molar-refractivity contribution in [1.82, 2.24) is 25.0 Å². The van der Waals surface area contributed by atoms with E-state index in [1.165, 1.54) is 24.5 Å². The zero-order valence-electron chi connectivity index (χ0n) is 16.3. The average Bonchev–Trinajstić information content (AvgIpc) is 3.29. The highest BCUT2D eigenvalue weighted by Gasteiger charge is 2.44. The van der Waals surface area contributed by atoms with E-state index in [2.05, 4.69) is 35.1 Å². The van der Waals surface area contributed by atoms with Gasteiger partial charge in [0.1, 0.15) is 18.0 Å². The Bertz CT molecular complexity index is 1470. The Hall–Kier alpha value is -4.09. The van der Waals surface area contributed by atoms with Crippen LogP contribution in [-0.2, 0) is 7.05 Å². The molecule has 4 heterocycles. The lowest BCUT2D eigenvalue weighted by Gasteiger charge is -2.33. The van der Waals surface area contributed by atoms with Gasteiger partial charge in [-0.3, -0.25) is 9.48 Å². The number of H-pyrrole nitrogens is 1. The third-order valence-corrected chi connectivity index (χ3v) is 5.63. The summed E-state index contributed by atoms with van der Waals surface area (Å²) in [7, 11) is 1.70. The number of alkyl halides is 2. The van der Waals surface area contributed by atoms with E-state index in [4.69, 9.17) is 0 Å². The van der Waals surface area contributed by atoms with Gasteiger partial charge >= 0.3 is 6.29 Å². The molecule has 12 heteroatoms. The molecule has 2 unspecified atom stereocenters. The fourth-order valence-corrected chi connectivity index (χ4v) is 4.33. The third-order valence-electron chi connectivity index (χ3n) is 5.63. The van der Waals surface area contributed by atoms with Crippen molar-refractivity contribution in [2.45, 2.75) is 18.3 Å². The van der Waals surface area contributed by atoms with E-state index in [-0.39, 0.29) is 16.9 Å². The van der Waals surface area contributed by atoms with Crippen LogP contribution < -0.4 is 20.3 Å². The minimum Gasteiger partial charge on any atom is -0.395 e. The molecule has 0 fully saturated rings. The lowest BCUT2D eigenvalue weighted by atomic mass is 9.83. The van der Waals surface area contributed by atoms with Crippen LogP contribution in [0.3, 0.4) is 0 Å². The summed E-state index contributed by atoms with van der Waals surface area (Å²) >= 11 is 0. The standard InChI is InChI=1S/C20H13F3N6O3/c1-29-18(24-7-25-29)15-16(8-2-3-12-13(4-8)32-20(22,23)31-12)26-11-6-9(21)5-10-14(11)17(15)27-28-19(10)30/h2-7,15-16,26H,1H3,(H,28,30). The van der Waals surface area contributed by atoms with Gasteiger partial charge < -0.3 is 14.8 Å². The number of anilines is 1. The Morgan fingerprint density at radius 2 is 1.97 bits per heavy atom. The second-order valence-corrected chi connectivity index (χ2v) is 7.53. The molecule has 2 aromatic carbocycles. The summed E-state index contributed by atoms with van der Waals surface area (Å²) in [5, 5.41) is 14.6. The SMILES string of the molecule is Cn1ncnc1C1c2n[nH]c(=O)c3cc(F)cc(c23)NC1c1ccc2c(c1)OC(F)(F)O2. The van der Waals surface area contributed by atoms with Crippen LogP contribution in [0.2, 0.25) is 0 Å². The molecular weight excluding hydrogens is 429 g/mol. The summed E-state index contributed by atoms with van der Waals surface area (Å²) in [5.74, 6) is -0.928. The average molecular weight is 442 g/mol. The molecule has 6 rings (SSSR count). The molecule has 0 aliphatic carbocycles. The summed E-state index contributed by atoms with van der Waals surface area (Å²) in [6, 6.07) is 6.16. The van der Waals surface area contributed by atoms with Gasteiger partial charge in [-0.2, -0.15) is 10.2 Å². The van der Waals surface area contributed by atoms with Gasteiger partial charge in [-0.05, 0) is 29.8 Å². The van der Waals surface area contributed by atoms with Crippen molar-refractivity contribution < 1.29 is 22.6 Å². The molecule has 2 N–H and O–H groups in total. The maximum absolute atomic E-state index is 14.3. The summed E-state index contributed by atoms with van der Waals surface area (Å²) in [6.45, 7) is 0. The monoisotopic (exact) mass is 442 g/mol. The predicted octanol–water partition coefficient (Wildman–Crippen LogP) is 2.81. The number of hydrogen-bond acceptors (Lipinski definition) is 7. The Balaban J connectivity index is 1.59. The number of hydrogen-bond donors (Lipinski definition) is 2. The molecule has 2 atom stereocenters. The Morgan fingerprint density at radius 1 is 1.16 bits per heavy atom. The number of ether oxygens (including phenoxy) is 2. The molecule has 2 aromatic heterocycles. The van der Waals surface area contributed by atoms with E-state index in [0.717, 1.165) is 6.07 Å². The van der Waals surface area contributed by atoms with E-state index in [1.807, 2.05) is 0 Å². The number of benzene rings is 2. The number of fused-ring (bicyclic) bond motifs is 1. The van der Waals surface area contributed by atoms with Crippen LogP contribution in [-0.4, -0.2) is 31.3 Å². The predicted molar refractivity (Wildman–Crippen MR) is 104 cm³/mol. The van der Waals surface area contributed by atoms with Crippen LogP contribution >= 0.6 is 0 Å². The van der Waals surface area contributed by atoms with E-state index in [1.54, 1.807) is 17.8 Å². The van der Waals surface area contributed by atoms with Crippen LogP contribution in [0, 0.1) is 5.82 Å². The summed E-state index contributed by atoms with van der Waals surface area (Å²) in [5.41, 5.74) is 0.790. The minimum atomic E-state index is -3.76. The summed E-state index contributed by atoms with van der Waals surface area (Å²) < 4.78 is 52.0. The Morgan fingerprint density at radius 3 is 2.75 bits per heavy atom. The van der Waals surface area contributed by atoms with E-state index >= 15 is 0 Å². The molecule has 0 bridgehead atoms. The summed E-state index contributed by atoms with van der Waals surface area (Å²) in [6.07, 6.45) is -2.39. The first-order valence-corrected chi connectivity index (χ1v) is 9.53. The molecule has 9 nitrogen and oxygen atoms in total. The van der Waals surface area contributed by atoms with Crippen molar-refractivity contribution in [2.75, 3.05) is 5.32 Å². The van der Waals surface area contributed by atoms with Crippen LogP contribution in [0.25, 0.3) is 10.8 Å². The minimum absolute atomic E-state index is 0.0965. The molecule has 0 amide bonds. The third kappa shape index (κ3) is 2.65. The van der Waals surface area contributed by atoms with Gasteiger partial charge in [-0.15, -0.1) is 8.78 Å². The van der Waals surface area contributed by atoms with Gasteiger partial charge in [0.2, 0.25) is 0 Å². The first-order chi connectivity index (χ1) is 15.3. The van der Waals surface area contributed by atoms with Crippen LogP contribution in [0.1, 0.15) is 29.0 Å². The fraction of sp³-hybridized carbons (Fsp3) is 0.200.